The zero-order chi connectivity index (χ0) is 25.3. The largest absolute Gasteiger partial charge is 0.462 e. The third kappa shape index (κ3) is 6.54. The van der Waals surface area contributed by atoms with Crippen molar-refractivity contribution in [2.45, 2.75) is 26.7 Å². The molecule has 0 spiro atoms. The summed E-state index contributed by atoms with van der Waals surface area (Å²) in [7, 11) is 0. The Morgan fingerprint density at radius 1 is 0.833 bits per heavy atom. The number of aromatic nitrogens is 2. The summed E-state index contributed by atoms with van der Waals surface area (Å²) in [6.45, 7) is 4.29. The normalized spacial score (nSPS) is 10.5. The molecule has 0 fully saturated rings. The van der Waals surface area contributed by atoms with Crippen LogP contribution in [0.4, 0.5) is 17.2 Å². The van der Waals surface area contributed by atoms with Gasteiger partial charge in [-0.05, 0) is 55.8 Å². The molecule has 4 rings (SSSR count). The molecule has 0 atom stereocenters. The predicted molar refractivity (Wildman–Crippen MR) is 142 cm³/mol. The van der Waals surface area contributed by atoms with Gasteiger partial charge in [-0.15, -0.1) is 0 Å². The Kier molecular flexibility index (Phi) is 8.03. The van der Waals surface area contributed by atoms with E-state index in [0.717, 1.165) is 29.8 Å². The number of benzene rings is 3. The number of ether oxygens (including phenoxy) is 1. The Morgan fingerprint density at radius 3 is 2.36 bits per heavy atom. The monoisotopic (exact) mass is 480 g/mol. The van der Waals surface area contributed by atoms with Crippen LogP contribution in [0.25, 0.3) is 11.3 Å². The van der Waals surface area contributed by atoms with Gasteiger partial charge in [-0.3, -0.25) is 4.79 Å². The van der Waals surface area contributed by atoms with E-state index in [1.54, 1.807) is 42.5 Å². The van der Waals surface area contributed by atoms with Crippen molar-refractivity contribution in [3.05, 3.63) is 102 Å². The van der Waals surface area contributed by atoms with Crippen LogP contribution in [0.5, 0.6) is 0 Å². The molecular weight excluding hydrogens is 452 g/mol. The van der Waals surface area contributed by atoms with Gasteiger partial charge < -0.3 is 15.4 Å². The number of carbonyl (C=O) groups is 2. The topological polar surface area (TPSA) is 93.2 Å². The molecule has 0 aliphatic rings. The lowest BCUT2D eigenvalue weighted by molar-refractivity contribution is 0.0499. The smallest absolute Gasteiger partial charge is 0.338 e. The van der Waals surface area contributed by atoms with Crippen molar-refractivity contribution in [2.24, 2.45) is 0 Å². The highest BCUT2D eigenvalue weighted by Crippen LogP contribution is 2.23. The molecule has 3 aromatic carbocycles. The first kappa shape index (κ1) is 24.6. The maximum Gasteiger partial charge on any atom is 0.338 e. The molecule has 0 bridgehead atoms. The molecule has 7 heteroatoms. The number of nitrogens with one attached hydrogen (secondary N) is 2. The van der Waals surface area contributed by atoms with Crippen LogP contribution >= 0.6 is 0 Å². The summed E-state index contributed by atoms with van der Waals surface area (Å²) < 4.78 is 5.22. The number of amides is 1. The van der Waals surface area contributed by atoms with Crippen molar-refractivity contribution in [1.29, 1.82) is 0 Å². The minimum absolute atomic E-state index is 0.263. The van der Waals surface area contributed by atoms with Crippen molar-refractivity contribution in [3.8, 4) is 11.3 Å². The van der Waals surface area contributed by atoms with Crippen molar-refractivity contribution in [1.82, 2.24) is 9.97 Å². The fourth-order valence-corrected chi connectivity index (χ4v) is 3.56. The zero-order valence-electron chi connectivity index (χ0n) is 20.3. The van der Waals surface area contributed by atoms with Crippen LogP contribution < -0.4 is 10.6 Å². The molecule has 2 N–H and O–H groups in total. The van der Waals surface area contributed by atoms with Crippen LogP contribution in [0.3, 0.4) is 0 Å². The van der Waals surface area contributed by atoms with Crippen LogP contribution in [0.2, 0.25) is 0 Å². The minimum atomic E-state index is -0.365. The second-order valence-electron chi connectivity index (χ2n) is 8.28. The highest BCUT2D eigenvalue weighted by Gasteiger charge is 2.11. The Balaban J connectivity index is 1.43. The average molecular weight is 481 g/mol. The fraction of sp³-hybridized carbons (Fsp3) is 0.172. The lowest BCUT2D eigenvalue weighted by atomic mass is 10.1. The van der Waals surface area contributed by atoms with Crippen molar-refractivity contribution >= 4 is 29.1 Å². The Labute approximate surface area is 210 Å². The lowest BCUT2D eigenvalue weighted by Crippen LogP contribution is -2.12. The van der Waals surface area contributed by atoms with Crippen molar-refractivity contribution < 1.29 is 14.3 Å². The van der Waals surface area contributed by atoms with E-state index in [4.69, 9.17) is 4.74 Å². The molecular formula is C29H28N4O3. The first-order chi connectivity index (χ1) is 17.5. The third-order valence-electron chi connectivity index (χ3n) is 5.41. The minimum Gasteiger partial charge on any atom is -0.462 e. The SMILES string of the molecule is CCCCOC(=O)c1ccc(NC(=O)c2cccc(Nc3cc(-c4ccccc4)nc(C)n3)c2)cc1. The summed E-state index contributed by atoms with van der Waals surface area (Å²) in [5.74, 6) is 0.655. The Hall–Kier alpha value is -4.52. The number of unbranched alkanes of at least 4 members (excludes halogenated alkanes) is 1. The molecule has 182 valence electrons. The first-order valence-electron chi connectivity index (χ1n) is 11.9. The quantitative estimate of drug-likeness (QED) is 0.213. The second kappa shape index (κ2) is 11.8. The fourth-order valence-electron chi connectivity index (χ4n) is 3.56. The molecule has 36 heavy (non-hydrogen) atoms. The molecule has 1 heterocycles. The highest BCUT2D eigenvalue weighted by atomic mass is 16.5. The van der Waals surface area contributed by atoms with E-state index < -0.39 is 0 Å². The number of esters is 1. The van der Waals surface area contributed by atoms with Gasteiger partial charge in [-0.1, -0.05) is 49.7 Å². The summed E-state index contributed by atoms with van der Waals surface area (Å²) in [6.07, 6.45) is 1.79. The van der Waals surface area contributed by atoms with Gasteiger partial charge in [0.2, 0.25) is 0 Å². The van der Waals surface area contributed by atoms with Crippen LogP contribution in [0.1, 0.15) is 46.3 Å². The summed E-state index contributed by atoms with van der Waals surface area (Å²) in [6, 6.07) is 25.6. The van der Waals surface area contributed by atoms with Crippen LogP contribution in [-0.4, -0.2) is 28.5 Å². The van der Waals surface area contributed by atoms with E-state index >= 15 is 0 Å². The molecule has 0 unspecified atom stereocenters. The highest BCUT2D eigenvalue weighted by molar-refractivity contribution is 6.05. The van der Waals surface area contributed by atoms with Gasteiger partial charge in [-0.25, -0.2) is 14.8 Å². The zero-order valence-corrected chi connectivity index (χ0v) is 20.3. The second-order valence-corrected chi connectivity index (χ2v) is 8.28. The molecule has 0 radical (unpaired) electrons. The number of hydrogen-bond acceptors (Lipinski definition) is 6. The van der Waals surface area contributed by atoms with Crippen LogP contribution in [-0.2, 0) is 4.74 Å². The summed E-state index contributed by atoms with van der Waals surface area (Å²) in [5.41, 5.74) is 4.06. The maximum absolute atomic E-state index is 12.8. The molecule has 0 saturated carbocycles. The van der Waals surface area contributed by atoms with Gasteiger partial charge in [-0.2, -0.15) is 0 Å². The van der Waals surface area contributed by atoms with Gasteiger partial charge in [0.25, 0.3) is 5.91 Å². The van der Waals surface area contributed by atoms with Crippen LogP contribution in [0.15, 0.2) is 84.9 Å². The molecule has 0 saturated heterocycles. The summed E-state index contributed by atoms with van der Waals surface area (Å²) in [5, 5.41) is 6.14. The van der Waals surface area contributed by atoms with E-state index in [-0.39, 0.29) is 11.9 Å². The first-order valence-corrected chi connectivity index (χ1v) is 11.9. The number of rotatable bonds is 9. The van der Waals surface area contributed by atoms with E-state index in [0.29, 0.717) is 35.1 Å². The van der Waals surface area contributed by atoms with Crippen molar-refractivity contribution in [3.63, 3.8) is 0 Å². The number of carbonyl (C=O) groups excluding carboxylic acids is 2. The van der Waals surface area contributed by atoms with E-state index in [2.05, 4.69) is 20.6 Å². The van der Waals surface area contributed by atoms with E-state index in [1.165, 1.54) is 0 Å². The van der Waals surface area contributed by atoms with Gasteiger partial charge >= 0.3 is 5.97 Å². The molecule has 7 nitrogen and oxygen atoms in total. The number of aryl methyl sites for hydroxylation is 1. The predicted octanol–water partition coefficient (Wildman–Crippen LogP) is 6.40. The average Bonchev–Trinajstić information content (AvgIpc) is 2.89. The standard InChI is InChI=1S/C29H28N4O3/c1-3-4-17-36-29(35)22-13-15-24(16-14-22)33-28(34)23-11-8-12-25(18-23)32-27-19-26(30-20(2)31-27)21-9-6-5-7-10-21/h5-16,18-19H,3-4,17H2,1-2H3,(H,33,34)(H,30,31,32). The van der Waals surface area contributed by atoms with E-state index in [1.807, 2.05) is 56.3 Å². The van der Waals surface area contributed by atoms with Gasteiger partial charge in [0.05, 0.1) is 17.9 Å². The lowest BCUT2D eigenvalue weighted by Gasteiger charge is -2.11. The van der Waals surface area contributed by atoms with Crippen LogP contribution in [0, 0.1) is 6.92 Å². The Bertz CT molecular complexity index is 1340. The summed E-state index contributed by atoms with van der Waals surface area (Å²) in [4.78, 5) is 33.9. The number of anilines is 3. The maximum atomic E-state index is 12.8. The van der Waals surface area contributed by atoms with E-state index in [9.17, 15) is 9.59 Å². The summed E-state index contributed by atoms with van der Waals surface area (Å²) >= 11 is 0. The van der Waals surface area contributed by atoms with Crippen molar-refractivity contribution in [2.75, 3.05) is 17.2 Å². The molecule has 1 aromatic heterocycles. The molecule has 0 aliphatic heterocycles. The number of nitrogens with zero attached hydrogens (tertiary/aromatic N) is 2. The Morgan fingerprint density at radius 2 is 1.61 bits per heavy atom. The third-order valence-corrected chi connectivity index (χ3v) is 5.41. The van der Waals surface area contributed by atoms with Gasteiger partial charge in [0.1, 0.15) is 11.6 Å². The number of hydrogen-bond donors (Lipinski definition) is 2. The molecule has 0 aliphatic carbocycles. The van der Waals surface area contributed by atoms with Gasteiger partial charge in [0.15, 0.2) is 0 Å². The molecule has 4 aromatic rings. The molecule has 1 amide bonds. The van der Waals surface area contributed by atoms with Gasteiger partial charge in [0, 0.05) is 28.6 Å².